The lowest BCUT2D eigenvalue weighted by Gasteiger charge is -2.42. The maximum atomic E-state index is 15.2. The Morgan fingerprint density at radius 1 is 0.960 bits per heavy atom. The number of Topliss-reactive ketones (excluding diaryl/α,β-unsaturated/α-hetero) is 2. The number of aryl methyl sites for hydroxylation is 1. The third kappa shape index (κ3) is 4.50. The Bertz CT molecular complexity index is 2290. The number of benzene rings is 2. The smallest absolute Gasteiger partial charge is 0.332 e. The second kappa shape index (κ2) is 11.8. The first kappa shape index (κ1) is 33.0. The van der Waals surface area contributed by atoms with Gasteiger partial charge in [-0.15, -0.1) is 0 Å². The zero-order valence-corrected chi connectivity index (χ0v) is 29.1. The number of anilines is 1. The fraction of sp³-hybridized carbons (Fsp3) is 0.343. The first-order chi connectivity index (χ1) is 23.9. The molecule has 0 unspecified atom stereocenters. The number of carbonyl (C=O) groups is 2. The number of imidazole rings is 1. The summed E-state index contributed by atoms with van der Waals surface area (Å²) >= 11 is 6.66. The Hall–Kier alpha value is -5.50. The number of carbonyl (C=O) groups excluding carboxylic acids is 2. The summed E-state index contributed by atoms with van der Waals surface area (Å²) < 4.78 is 33.3. The standard InChI is InChI=1S/C35H34ClN5O9/c1-16-12-18-25(30(42)35(16)31(43)26-21(47-6)14-22(48-7)28(36)29(26)50-35)24(27-32(38-18)40(3)34(45)41(4)33(27)44)17-8-9-19(20(13-17)46-5)49-15-23-37-10-11-39(23)2/h8-11,13-14,16,24,38H,12,15H2,1-7H3/t16-,24-,35+/m1/s1. The SMILES string of the molecule is COc1cc([C@@H]2C3=C(C[C@@H](C)[C@]4(Oc5c(Cl)c(OC)cc(OC)c5C4=O)C3=O)Nc3c2c(=O)n(C)c(=O)n3C)ccc1OCc1nccn1C. The number of ether oxygens (including phenoxy) is 5. The van der Waals surface area contributed by atoms with E-state index in [0.717, 1.165) is 4.57 Å². The molecule has 1 N–H and O–H groups in total. The minimum absolute atomic E-state index is 0.0201. The lowest BCUT2D eigenvalue weighted by atomic mass is 9.66. The molecule has 0 fully saturated rings. The lowest BCUT2D eigenvalue weighted by Crippen LogP contribution is -2.58. The van der Waals surface area contributed by atoms with Gasteiger partial charge < -0.3 is 33.6 Å². The monoisotopic (exact) mass is 703 g/mol. The molecule has 3 atom stereocenters. The summed E-state index contributed by atoms with van der Waals surface area (Å²) in [6.45, 7) is 1.89. The number of nitrogens with zero attached hydrogens (tertiary/aromatic N) is 4. The number of ketones is 2. The van der Waals surface area contributed by atoms with Crippen molar-refractivity contribution in [3.05, 3.63) is 96.3 Å². The summed E-state index contributed by atoms with van der Waals surface area (Å²) in [6, 6.07) is 6.55. The van der Waals surface area contributed by atoms with Gasteiger partial charge in [-0.2, -0.15) is 0 Å². The molecule has 0 amide bonds. The second-order valence-electron chi connectivity index (χ2n) is 12.5. The van der Waals surface area contributed by atoms with Gasteiger partial charge in [0, 0.05) is 62.7 Å². The number of fused-ring (bicyclic) bond motifs is 2. The molecule has 2 aromatic heterocycles. The van der Waals surface area contributed by atoms with E-state index in [1.165, 1.54) is 39.0 Å². The molecular weight excluding hydrogens is 670 g/mol. The van der Waals surface area contributed by atoms with Crippen LogP contribution in [0.3, 0.4) is 0 Å². The van der Waals surface area contributed by atoms with Crippen LogP contribution in [0.25, 0.3) is 0 Å². The van der Waals surface area contributed by atoms with Gasteiger partial charge in [0.1, 0.15) is 40.3 Å². The number of hydrogen-bond donors (Lipinski definition) is 1. The molecule has 1 aliphatic carbocycles. The van der Waals surface area contributed by atoms with Crippen LogP contribution in [-0.4, -0.2) is 57.2 Å². The van der Waals surface area contributed by atoms with Gasteiger partial charge in [0.2, 0.25) is 17.2 Å². The predicted octanol–water partition coefficient (Wildman–Crippen LogP) is 3.51. The quantitative estimate of drug-likeness (QED) is 0.281. The first-order valence-corrected chi connectivity index (χ1v) is 16.1. The highest BCUT2D eigenvalue weighted by Gasteiger charge is 2.63. The summed E-state index contributed by atoms with van der Waals surface area (Å²) in [7, 11) is 9.05. The van der Waals surface area contributed by atoms with Crippen molar-refractivity contribution in [1.82, 2.24) is 18.7 Å². The third-order valence-electron chi connectivity index (χ3n) is 9.87. The number of rotatable bonds is 7. The number of hydrogen-bond acceptors (Lipinski definition) is 11. The van der Waals surface area contributed by atoms with E-state index >= 15 is 4.79 Å². The van der Waals surface area contributed by atoms with E-state index in [2.05, 4.69) is 10.3 Å². The number of allylic oxidation sites excluding steroid dienone is 1. The Labute approximate surface area is 290 Å². The van der Waals surface area contributed by atoms with Gasteiger partial charge in [-0.3, -0.25) is 23.5 Å². The van der Waals surface area contributed by atoms with Crippen LogP contribution in [0.2, 0.25) is 5.02 Å². The molecule has 50 heavy (non-hydrogen) atoms. The van der Waals surface area contributed by atoms with E-state index in [4.69, 9.17) is 35.3 Å². The molecule has 0 saturated carbocycles. The molecule has 15 heteroatoms. The number of methoxy groups -OCH3 is 3. The van der Waals surface area contributed by atoms with E-state index in [1.54, 1.807) is 44.6 Å². The molecule has 1 spiro atoms. The molecule has 4 aromatic rings. The maximum absolute atomic E-state index is 15.2. The zero-order chi connectivity index (χ0) is 35.8. The van der Waals surface area contributed by atoms with Crippen molar-refractivity contribution in [2.24, 2.45) is 27.1 Å². The van der Waals surface area contributed by atoms with Gasteiger partial charge >= 0.3 is 5.69 Å². The third-order valence-corrected chi connectivity index (χ3v) is 10.2. The van der Waals surface area contributed by atoms with Gasteiger partial charge in [-0.25, -0.2) is 9.78 Å². The van der Waals surface area contributed by atoms with Gasteiger partial charge in [-0.1, -0.05) is 24.6 Å². The molecule has 7 rings (SSSR count). The van der Waals surface area contributed by atoms with Crippen molar-refractivity contribution in [1.29, 1.82) is 0 Å². The van der Waals surface area contributed by atoms with E-state index < -0.39 is 40.3 Å². The van der Waals surface area contributed by atoms with Gasteiger partial charge in [0.25, 0.3) is 5.56 Å². The van der Waals surface area contributed by atoms with Crippen molar-refractivity contribution in [3.8, 4) is 28.7 Å². The number of aromatic nitrogens is 4. The molecule has 0 radical (unpaired) electrons. The number of nitrogens with one attached hydrogen (secondary N) is 1. The van der Waals surface area contributed by atoms with Crippen molar-refractivity contribution in [2.75, 3.05) is 26.6 Å². The van der Waals surface area contributed by atoms with Gasteiger partial charge in [0.05, 0.1) is 26.9 Å². The van der Waals surface area contributed by atoms with Crippen LogP contribution in [0.4, 0.5) is 5.82 Å². The van der Waals surface area contributed by atoms with Crippen molar-refractivity contribution < 1.29 is 33.3 Å². The average Bonchev–Trinajstić information content (AvgIpc) is 3.68. The minimum Gasteiger partial charge on any atom is -0.496 e. The van der Waals surface area contributed by atoms with E-state index in [0.29, 0.717) is 28.6 Å². The Morgan fingerprint density at radius 3 is 2.34 bits per heavy atom. The van der Waals surface area contributed by atoms with Crippen LogP contribution < -0.4 is 40.3 Å². The molecule has 2 aromatic carbocycles. The van der Waals surface area contributed by atoms with Crippen LogP contribution in [-0.2, 0) is 32.5 Å². The van der Waals surface area contributed by atoms with E-state index in [9.17, 15) is 14.4 Å². The van der Waals surface area contributed by atoms with Crippen LogP contribution in [0.5, 0.6) is 28.7 Å². The fourth-order valence-electron chi connectivity index (χ4n) is 7.18. The summed E-state index contributed by atoms with van der Waals surface area (Å²) in [5.74, 6) is -1.06. The lowest BCUT2D eigenvalue weighted by molar-refractivity contribution is -0.130. The summed E-state index contributed by atoms with van der Waals surface area (Å²) in [6.07, 6.45) is 3.62. The molecule has 4 heterocycles. The molecule has 0 bridgehead atoms. The highest BCUT2D eigenvalue weighted by Crippen LogP contribution is 2.56. The maximum Gasteiger partial charge on any atom is 0.332 e. The Balaban J connectivity index is 1.41. The van der Waals surface area contributed by atoms with Crippen molar-refractivity contribution in [3.63, 3.8) is 0 Å². The van der Waals surface area contributed by atoms with Crippen LogP contribution in [0.15, 0.2) is 57.5 Å². The summed E-state index contributed by atoms with van der Waals surface area (Å²) in [5.41, 5.74) is -1.97. The Morgan fingerprint density at radius 2 is 1.68 bits per heavy atom. The summed E-state index contributed by atoms with van der Waals surface area (Å²) in [4.78, 5) is 61.1. The zero-order valence-electron chi connectivity index (χ0n) is 28.4. The normalized spacial score (nSPS) is 20.6. The van der Waals surface area contributed by atoms with Crippen LogP contribution in [0, 0.1) is 5.92 Å². The topological polar surface area (TPSA) is 154 Å². The first-order valence-electron chi connectivity index (χ1n) is 15.7. The van der Waals surface area contributed by atoms with Gasteiger partial charge in [0.15, 0.2) is 17.2 Å². The molecule has 260 valence electrons. The van der Waals surface area contributed by atoms with Crippen molar-refractivity contribution >= 4 is 29.0 Å². The molecular formula is C35H34ClN5O9. The molecule has 14 nitrogen and oxygen atoms in total. The summed E-state index contributed by atoms with van der Waals surface area (Å²) in [5, 5.41) is 3.24. The molecule has 2 aliphatic heterocycles. The minimum atomic E-state index is -2.04. The largest absolute Gasteiger partial charge is 0.496 e. The molecule has 0 saturated heterocycles. The highest BCUT2D eigenvalue weighted by molar-refractivity contribution is 6.36. The van der Waals surface area contributed by atoms with E-state index in [1.807, 2.05) is 11.6 Å². The number of halogens is 1. The highest BCUT2D eigenvalue weighted by atomic mass is 35.5. The average molecular weight is 704 g/mol. The van der Waals surface area contributed by atoms with Crippen LogP contribution in [0.1, 0.15) is 46.6 Å². The fourth-order valence-corrected chi connectivity index (χ4v) is 7.45. The predicted molar refractivity (Wildman–Crippen MR) is 181 cm³/mol. The Kier molecular flexibility index (Phi) is 7.81. The van der Waals surface area contributed by atoms with Crippen LogP contribution >= 0.6 is 11.6 Å². The van der Waals surface area contributed by atoms with E-state index in [-0.39, 0.29) is 57.8 Å². The van der Waals surface area contributed by atoms with Crippen molar-refractivity contribution in [2.45, 2.75) is 31.5 Å². The van der Waals surface area contributed by atoms with Gasteiger partial charge in [-0.05, 0) is 24.1 Å². The second-order valence-corrected chi connectivity index (χ2v) is 12.8. The molecule has 3 aliphatic rings.